The van der Waals surface area contributed by atoms with E-state index in [4.69, 9.17) is 10.00 Å². The Morgan fingerprint density at radius 3 is 2.42 bits per heavy atom. The molecule has 0 aliphatic rings. The summed E-state index contributed by atoms with van der Waals surface area (Å²) in [7, 11) is -4.70. The maximum atomic E-state index is 12.4. The molecule has 0 N–H and O–H groups in total. The van der Waals surface area contributed by atoms with Crippen molar-refractivity contribution >= 4 is 15.8 Å². The molecule has 8 heteroatoms. The Bertz CT molecular complexity index is 887. The number of hydrogen-bond donors (Lipinski definition) is 0. The largest absolute Gasteiger partial charge is 0.457 e. The summed E-state index contributed by atoms with van der Waals surface area (Å²) in [5.41, 5.74) is 1.06. The number of esters is 1. The van der Waals surface area contributed by atoms with Crippen LogP contribution >= 0.6 is 0 Å². The Labute approximate surface area is 137 Å². The fraction of sp³-hybridized carbons (Fsp3) is 0.125. The highest BCUT2D eigenvalue weighted by atomic mass is 32.2. The molecular weight excluding hydrogens is 340 g/mol. The molecule has 0 atom stereocenters. The van der Waals surface area contributed by atoms with Gasteiger partial charge in [0.15, 0.2) is 0 Å². The number of ether oxygens (including phenoxy) is 1. The first-order chi connectivity index (χ1) is 11.3. The second-order valence-corrected chi connectivity index (χ2v) is 6.64. The third-order valence-corrected chi connectivity index (χ3v) is 4.48. The lowest BCUT2D eigenvalue weighted by Crippen LogP contribution is -2.12. The first-order valence-electron chi connectivity index (χ1n) is 6.63. The van der Waals surface area contributed by atoms with E-state index < -0.39 is 26.5 Å². The fourth-order valence-electron chi connectivity index (χ4n) is 1.85. The molecule has 2 rings (SSSR count). The van der Waals surface area contributed by atoms with Crippen molar-refractivity contribution in [1.29, 1.82) is 5.26 Å². The Kier molecular flexibility index (Phi) is 5.26. The van der Waals surface area contributed by atoms with Gasteiger partial charge in [0.25, 0.3) is 0 Å². The van der Waals surface area contributed by atoms with Gasteiger partial charge >= 0.3 is 11.7 Å². The second kappa shape index (κ2) is 7.19. The summed E-state index contributed by atoms with van der Waals surface area (Å²) in [6, 6.07) is 12.5. The van der Waals surface area contributed by atoms with E-state index in [0.717, 1.165) is 24.3 Å². The number of benzene rings is 2. The van der Waals surface area contributed by atoms with Crippen molar-refractivity contribution in [1.82, 2.24) is 0 Å². The van der Waals surface area contributed by atoms with Gasteiger partial charge in [0.05, 0.1) is 22.1 Å². The maximum Gasteiger partial charge on any atom is 0.341 e. The van der Waals surface area contributed by atoms with Crippen LogP contribution < -0.4 is 0 Å². The Morgan fingerprint density at radius 1 is 1.17 bits per heavy atom. The van der Waals surface area contributed by atoms with Gasteiger partial charge in [0.2, 0.25) is 9.84 Å². The van der Waals surface area contributed by atoms with E-state index in [1.54, 1.807) is 24.3 Å². The van der Waals surface area contributed by atoms with Crippen LogP contribution in [0.25, 0.3) is 0 Å². The molecule has 0 saturated carbocycles. The predicted molar refractivity (Wildman–Crippen MR) is 79.9 cm³/mol. The molecule has 2 aromatic carbocycles. The number of sulfone groups is 1. The Morgan fingerprint density at radius 2 is 1.83 bits per heavy atom. The van der Waals surface area contributed by atoms with Gasteiger partial charge in [-0.25, -0.2) is 13.2 Å². The van der Waals surface area contributed by atoms with E-state index in [1.807, 2.05) is 6.07 Å². The van der Waals surface area contributed by atoms with E-state index >= 15 is 0 Å². The molecule has 0 aliphatic carbocycles. The normalized spacial score (nSPS) is 11.1. The van der Waals surface area contributed by atoms with Gasteiger partial charge < -0.3 is 4.74 Å². The summed E-state index contributed by atoms with van der Waals surface area (Å²) in [6.45, 7) is -0.0779. The number of nitrogens with zero attached hydrogens (tertiary/aromatic N) is 1. The van der Waals surface area contributed by atoms with Gasteiger partial charge in [-0.3, -0.25) is 0 Å². The van der Waals surface area contributed by atoms with Crippen LogP contribution in [0, 0.1) is 11.3 Å². The number of alkyl halides is 2. The Balaban J connectivity index is 2.07. The summed E-state index contributed by atoms with van der Waals surface area (Å²) >= 11 is 0. The SMILES string of the molecule is N#Cc1cccc(COC(=O)c2ccc(S(=O)(=O)C(F)F)cc2)c1. The van der Waals surface area contributed by atoms with Gasteiger partial charge in [-0.2, -0.15) is 14.0 Å². The topological polar surface area (TPSA) is 84.2 Å². The zero-order valence-corrected chi connectivity index (χ0v) is 13.0. The number of carbonyl (C=O) groups excluding carboxylic acids is 1. The van der Waals surface area contributed by atoms with Crippen LogP contribution in [0.4, 0.5) is 8.78 Å². The van der Waals surface area contributed by atoms with Gasteiger partial charge in [-0.1, -0.05) is 12.1 Å². The minimum atomic E-state index is -4.70. The van der Waals surface area contributed by atoms with Crippen LogP contribution in [0.5, 0.6) is 0 Å². The fourth-order valence-corrected chi connectivity index (χ4v) is 2.57. The molecule has 0 fully saturated rings. The minimum absolute atomic E-state index is 0.0275. The first-order valence-corrected chi connectivity index (χ1v) is 8.17. The molecule has 0 saturated heterocycles. The number of hydrogen-bond acceptors (Lipinski definition) is 5. The van der Waals surface area contributed by atoms with E-state index in [9.17, 15) is 22.0 Å². The third kappa shape index (κ3) is 3.94. The molecule has 24 heavy (non-hydrogen) atoms. The molecule has 0 amide bonds. The van der Waals surface area contributed by atoms with Crippen LogP contribution in [0.2, 0.25) is 0 Å². The van der Waals surface area contributed by atoms with Crippen molar-refractivity contribution < 1.29 is 26.7 Å². The van der Waals surface area contributed by atoms with Gasteiger partial charge in [-0.15, -0.1) is 0 Å². The van der Waals surface area contributed by atoms with Crippen molar-refractivity contribution in [2.75, 3.05) is 0 Å². The number of rotatable bonds is 5. The van der Waals surface area contributed by atoms with Gasteiger partial charge in [0, 0.05) is 0 Å². The smallest absolute Gasteiger partial charge is 0.341 e. The summed E-state index contributed by atoms with van der Waals surface area (Å²) < 4.78 is 52.5. The predicted octanol–water partition coefficient (Wildman–Crippen LogP) is 2.91. The molecule has 124 valence electrons. The van der Waals surface area contributed by atoms with Crippen LogP contribution in [-0.2, 0) is 21.2 Å². The molecular formula is C16H11F2NO4S. The van der Waals surface area contributed by atoms with Crippen molar-refractivity contribution in [2.24, 2.45) is 0 Å². The van der Waals surface area contributed by atoms with Crippen molar-refractivity contribution in [3.63, 3.8) is 0 Å². The zero-order valence-electron chi connectivity index (χ0n) is 12.1. The van der Waals surface area contributed by atoms with Crippen molar-refractivity contribution in [3.05, 3.63) is 65.2 Å². The quantitative estimate of drug-likeness (QED) is 0.773. The number of nitriles is 1. The van der Waals surface area contributed by atoms with E-state index in [-0.39, 0.29) is 12.2 Å². The number of halogens is 2. The maximum absolute atomic E-state index is 12.4. The lowest BCUT2D eigenvalue weighted by atomic mass is 10.1. The molecule has 2 aromatic rings. The van der Waals surface area contributed by atoms with Crippen LogP contribution in [0.3, 0.4) is 0 Å². The molecule has 0 aliphatic heterocycles. The molecule has 0 spiro atoms. The average Bonchev–Trinajstić information content (AvgIpc) is 2.59. The number of carbonyl (C=O) groups is 1. The second-order valence-electron chi connectivity index (χ2n) is 4.72. The molecule has 0 heterocycles. The van der Waals surface area contributed by atoms with E-state index in [0.29, 0.717) is 11.1 Å². The summed E-state index contributed by atoms with van der Waals surface area (Å²) in [6.07, 6.45) is 0. The average molecular weight is 351 g/mol. The van der Waals surface area contributed by atoms with Crippen LogP contribution in [0.1, 0.15) is 21.5 Å². The van der Waals surface area contributed by atoms with Gasteiger partial charge in [-0.05, 0) is 42.0 Å². The Hall–Kier alpha value is -2.79. The minimum Gasteiger partial charge on any atom is -0.457 e. The van der Waals surface area contributed by atoms with E-state index in [1.165, 1.54) is 0 Å². The summed E-state index contributed by atoms with van der Waals surface area (Å²) in [5.74, 6) is -4.26. The van der Waals surface area contributed by atoms with Crippen LogP contribution in [0.15, 0.2) is 53.4 Å². The lowest BCUT2D eigenvalue weighted by molar-refractivity contribution is 0.0472. The van der Waals surface area contributed by atoms with Crippen molar-refractivity contribution in [2.45, 2.75) is 17.3 Å². The third-order valence-electron chi connectivity index (χ3n) is 3.08. The van der Waals surface area contributed by atoms with E-state index in [2.05, 4.69) is 0 Å². The zero-order chi connectivity index (χ0) is 17.7. The summed E-state index contributed by atoms with van der Waals surface area (Å²) in [5, 5.41) is 8.79. The van der Waals surface area contributed by atoms with Crippen LogP contribution in [-0.4, -0.2) is 20.1 Å². The highest BCUT2D eigenvalue weighted by Gasteiger charge is 2.26. The standard InChI is InChI=1S/C16H11F2NO4S/c17-16(18)24(21,22)14-6-4-13(5-7-14)15(20)23-10-12-3-1-2-11(8-12)9-19/h1-8,16H,10H2. The lowest BCUT2D eigenvalue weighted by Gasteiger charge is -2.07. The molecule has 0 unspecified atom stereocenters. The summed E-state index contributed by atoms with van der Waals surface area (Å²) in [4.78, 5) is 11.3. The highest BCUT2D eigenvalue weighted by Crippen LogP contribution is 2.19. The van der Waals surface area contributed by atoms with Gasteiger partial charge in [0.1, 0.15) is 6.61 Å². The molecule has 0 aromatic heterocycles. The first kappa shape index (κ1) is 17.6. The van der Waals surface area contributed by atoms with Crippen molar-refractivity contribution in [3.8, 4) is 6.07 Å². The molecule has 5 nitrogen and oxygen atoms in total. The highest BCUT2D eigenvalue weighted by molar-refractivity contribution is 7.91. The molecule has 0 bridgehead atoms. The monoisotopic (exact) mass is 351 g/mol. The molecule has 0 radical (unpaired) electrons.